The molecule has 3 unspecified atom stereocenters. The Bertz CT molecular complexity index is 579. The lowest BCUT2D eigenvalue weighted by atomic mass is 9.64. The SMILES string of the molecule is CC1(O)C(F)(F)C(O)(C(F)(F)F)OC(C2CCCCC2)(C(F)(F)F)C1(F)F. The van der Waals surface area contributed by atoms with Crippen LogP contribution in [-0.2, 0) is 4.74 Å². The van der Waals surface area contributed by atoms with Gasteiger partial charge in [-0.25, -0.2) is 0 Å². The second kappa shape index (κ2) is 5.85. The second-order valence-corrected chi connectivity index (χ2v) is 7.03. The maximum Gasteiger partial charge on any atom is 0.449 e. The molecule has 0 radical (unpaired) electrons. The van der Waals surface area contributed by atoms with E-state index in [1.54, 1.807) is 0 Å². The molecule has 2 rings (SSSR count). The van der Waals surface area contributed by atoms with Gasteiger partial charge in [-0.05, 0) is 19.8 Å². The summed E-state index contributed by atoms with van der Waals surface area (Å²) in [5.74, 6) is -20.5. The maximum absolute atomic E-state index is 14.8. The number of aliphatic hydroxyl groups is 2. The summed E-state index contributed by atoms with van der Waals surface area (Å²) in [5, 5.41) is 19.1. The standard InChI is InChI=1S/C14H16F10O3/c1-8(25)10(15,16)9(13(19,20)21,7-5-3-2-4-6-7)27-12(26,11(8,17)18)14(22,23)24/h7,25-26H,2-6H2,1H3. The van der Waals surface area contributed by atoms with Crippen LogP contribution in [0.3, 0.4) is 0 Å². The molecular formula is C14H16F10O3. The molecule has 0 aromatic rings. The highest BCUT2D eigenvalue weighted by molar-refractivity contribution is 5.24. The first-order chi connectivity index (χ1) is 11.8. The molecule has 1 aliphatic carbocycles. The van der Waals surface area contributed by atoms with Crippen LogP contribution in [0.2, 0.25) is 0 Å². The largest absolute Gasteiger partial charge is 0.449 e. The molecule has 3 atom stereocenters. The molecule has 1 aliphatic heterocycles. The highest BCUT2D eigenvalue weighted by Gasteiger charge is 2.95. The molecule has 2 N–H and O–H groups in total. The third-order valence-corrected chi connectivity index (χ3v) is 5.41. The van der Waals surface area contributed by atoms with E-state index in [0.717, 1.165) is 0 Å². The first-order valence-electron chi connectivity index (χ1n) is 7.85. The molecule has 2 fully saturated rings. The monoisotopic (exact) mass is 422 g/mol. The molecule has 1 saturated heterocycles. The van der Waals surface area contributed by atoms with Gasteiger partial charge in [-0.2, -0.15) is 43.9 Å². The third kappa shape index (κ3) is 2.53. The maximum atomic E-state index is 14.8. The summed E-state index contributed by atoms with van der Waals surface area (Å²) >= 11 is 0. The minimum Gasteiger partial charge on any atom is -0.378 e. The van der Waals surface area contributed by atoms with Gasteiger partial charge in [0, 0.05) is 5.92 Å². The summed E-state index contributed by atoms with van der Waals surface area (Å²) in [6, 6.07) is 0. The fraction of sp³-hybridized carbons (Fsp3) is 1.00. The van der Waals surface area contributed by atoms with Crippen molar-refractivity contribution in [3.05, 3.63) is 0 Å². The van der Waals surface area contributed by atoms with Gasteiger partial charge in [-0.1, -0.05) is 19.3 Å². The molecule has 1 saturated carbocycles. The fourth-order valence-corrected chi connectivity index (χ4v) is 3.80. The zero-order chi connectivity index (χ0) is 21.3. The van der Waals surface area contributed by atoms with E-state index in [2.05, 4.69) is 4.74 Å². The lowest BCUT2D eigenvalue weighted by molar-refractivity contribution is -0.564. The predicted molar refractivity (Wildman–Crippen MR) is 68.0 cm³/mol. The van der Waals surface area contributed by atoms with Crippen molar-refractivity contribution in [2.45, 2.75) is 80.2 Å². The van der Waals surface area contributed by atoms with Gasteiger partial charge in [0.25, 0.3) is 0 Å². The van der Waals surface area contributed by atoms with Gasteiger partial charge in [0.2, 0.25) is 5.60 Å². The van der Waals surface area contributed by atoms with Crippen molar-refractivity contribution >= 4 is 0 Å². The van der Waals surface area contributed by atoms with E-state index in [4.69, 9.17) is 0 Å². The van der Waals surface area contributed by atoms with Crippen molar-refractivity contribution in [3.63, 3.8) is 0 Å². The number of ether oxygens (including phenoxy) is 1. The first kappa shape index (κ1) is 22.5. The molecule has 27 heavy (non-hydrogen) atoms. The zero-order valence-electron chi connectivity index (χ0n) is 13.7. The van der Waals surface area contributed by atoms with Gasteiger partial charge in [0.1, 0.15) is 0 Å². The van der Waals surface area contributed by atoms with Crippen molar-refractivity contribution in [2.24, 2.45) is 5.92 Å². The molecule has 0 aromatic heterocycles. The summed E-state index contributed by atoms with van der Waals surface area (Å²) < 4.78 is 142. The van der Waals surface area contributed by atoms with Crippen LogP contribution in [0.5, 0.6) is 0 Å². The minimum atomic E-state index is -6.62. The fourth-order valence-electron chi connectivity index (χ4n) is 3.80. The smallest absolute Gasteiger partial charge is 0.378 e. The van der Waals surface area contributed by atoms with E-state index in [1.807, 2.05) is 0 Å². The topological polar surface area (TPSA) is 49.7 Å². The first-order valence-corrected chi connectivity index (χ1v) is 7.85. The average molecular weight is 422 g/mol. The Kier molecular flexibility index (Phi) is 4.87. The number of rotatable bonds is 1. The van der Waals surface area contributed by atoms with Crippen molar-refractivity contribution in [1.29, 1.82) is 0 Å². The molecule has 13 heteroatoms. The summed E-state index contributed by atoms with van der Waals surface area (Å²) in [4.78, 5) is 0. The van der Waals surface area contributed by atoms with Gasteiger partial charge in [-0.3, -0.25) is 0 Å². The Balaban J connectivity index is 2.86. The van der Waals surface area contributed by atoms with Crippen LogP contribution in [0.1, 0.15) is 39.0 Å². The van der Waals surface area contributed by atoms with E-state index in [1.165, 1.54) is 0 Å². The molecule has 0 aromatic carbocycles. The summed E-state index contributed by atoms with van der Waals surface area (Å²) in [6.45, 7) is -0.574. The molecule has 160 valence electrons. The van der Waals surface area contributed by atoms with Gasteiger partial charge < -0.3 is 14.9 Å². The molecule has 0 spiro atoms. The van der Waals surface area contributed by atoms with E-state index >= 15 is 0 Å². The summed E-state index contributed by atoms with van der Waals surface area (Å²) in [6.07, 6.45) is -14.3. The summed E-state index contributed by atoms with van der Waals surface area (Å²) in [5.41, 5.74) is -10.4. The van der Waals surface area contributed by atoms with Gasteiger partial charge >= 0.3 is 30.0 Å². The highest BCUT2D eigenvalue weighted by Crippen LogP contribution is 2.67. The summed E-state index contributed by atoms with van der Waals surface area (Å²) in [7, 11) is 0. The quantitative estimate of drug-likeness (QED) is 0.624. The Labute approximate surface area is 146 Å². The molecule has 2 aliphatic rings. The normalized spacial score (nSPS) is 40.8. The number of hydrogen-bond donors (Lipinski definition) is 2. The lowest BCUT2D eigenvalue weighted by Crippen LogP contribution is -2.88. The van der Waals surface area contributed by atoms with Crippen LogP contribution in [0.4, 0.5) is 43.9 Å². The number of hydrogen-bond acceptors (Lipinski definition) is 3. The highest BCUT2D eigenvalue weighted by atomic mass is 19.4. The molecule has 3 nitrogen and oxygen atoms in total. The zero-order valence-corrected chi connectivity index (χ0v) is 13.7. The second-order valence-electron chi connectivity index (χ2n) is 7.03. The van der Waals surface area contributed by atoms with Crippen LogP contribution in [-0.4, -0.2) is 51.4 Å². The van der Waals surface area contributed by atoms with Gasteiger partial charge in [0.15, 0.2) is 5.60 Å². The molecular weight excluding hydrogens is 406 g/mol. The Morgan fingerprint density at radius 1 is 0.778 bits per heavy atom. The third-order valence-electron chi connectivity index (χ3n) is 5.41. The minimum absolute atomic E-state index is 0.106. The predicted octanol–water partition coefficient (Wildman–Crippen LogP) is 4.17. The van der Waals surface area contributed by atoms with Crippen LogP contribution in [0.25, 0.3) is 0 Å². The van der Waals surface area contributed by atoms with Crippen LogP contribution in [0, 0.1) is 5.92 Å². The molecule has 0 bridgehead atoms. The molecule has 1 heterocycles. The van der Waals surface area contributed by atoms with Crippen molar-refractivity contribution in [2.75, 3.05) is 0 Å². The van der Waals surface area contributed by atoms with Crippen molar-refractivity contribution in [3.8, 4) is 0 Å². The van der Waals surface area contributed by atoms with E-state index < -0.39 is 66.9 Å². The van der Waals surface area contributed by atoms with Crippen molar-refractivity contribution < 1.29 is 58.9 Å². The van der Waals surface area contributed by atoms with Crippen LogP contribution < -0.4 is 0 Å². The van der Waals surface area contributed by atoms with Crippen LogP contribution in [0.15, 0.2) is 0 Å². The number of halogens is 10. The Hall–Kier alpha value is -0.820. The van der Waals surface area contributed by atoms with Crippen molar-refractivity contribution in [1.82, 2.24) is 0 Å². The van der Waals surface area contributed by atoms with E-state index in [-0.39, 0.29) is 19.3 Å². The average Bonchev–Trinajstić information content (AvgIpc) is 2.49. The van der Waals surface area contributed by atoms with Gasteiger partial charge in [0.05, 0.1) is 0 Å². The Morgan fingerprint density at radius 2 is 1.22 bits per heavy atom. The molecule has 0 amide bonds. The Morgan fingerprint density at radius 3 is 1.59 bits per heavy atom. The van der Waals surface area contributed by atoms with Gasteiger partial charge in [-0.15, -0.1) is 0 Å². The number of alkyl halides is 10. The lowest BCUT2D eigenvalue weighted by Gasteiger charge is -2.60. The van der Waals surface area contributed by atoms with Crippen LogP contribution >= 0.6 is 0 Å². The van der Waals surface area contributed by atoms with E-state index in [0.29, 0.717) is 0 Å². The van der Waals surface area contributed by atoms with E-state index in [9.17, 15) is 54.1 Å².